The highest BCUT2D eigenvalue weighted by Gasteiger charge is 2.22. The average molecular weight is 288 g/mol. The molecular weight excluding hydrogens is 268 g/mol. The Balaban J connectivity index is 1.84. The van der Waals surface area contributed by atoms with E-state index in [9.17, 15) is 0 Å². The van der Waals surface area contributed by atoms with E-state index in [1.807, 2.05) is 37.4 Å². The van der Waals surface area contributed by atoms with Gasteiger partial charge in [0.05, 0.1) is 18.3 Å². The Hall–Kier alpha value is -1.39. The number of fused-ring (bicyclic) bond motifs is 1. The fourth-order valence-corrected chi connectivity index (χ4v) is 3.98. The Morgan fingerprint density at radius 1 is 1.30 bits per heavy atom. The maximum Gasteiger partial charge on any atom is 0.119 e. The maximum absolute atomic E-state index is 5.50. The molecule has 20 heavy (non-hydrogen) atoms. The van der Waals surface area contributed by atoms with E-state index in [-0.39, 0.29) is 6.04 Å². The molecule has 0 aliphatic heterocycles. The number of aryl methyl sites for hydroxylation is 2. The minimum Gasteiger partial charge on any atom is -0.494 e. The van der Waals surface area contributed by atoms with Crippen LogP contribution in [-0.2, 0) is 12.8 Å². The predicted molar refractivity (Wildman–Crippen MR) is 82.7 cm³/mol. The largest absolute Gasteiger partial charge is 0.494 e. The van der Waals surface area contributed by atoms with E-state index in [2.05, 4.69) is 17.4 Å². The van der Waals surface area contributed by atoms with Gasteiger partial charge in [0.15, 0.2) is 0 Å². The normalized spacial score (nSPS) is 15.1. The van der Waals surface area contributed by atoms with Crippen LogP contribution in [0.25, 0.3) is 0 Å². The van der Waals surface area contributed by atoms with Gasteiger partial charge in [-0.25, -0.2) is 4.98 Å². The van der Waals surface area contributed by atoms with Crippen molar-refractivity contribution >= 4 is 11.3 Å². The quantitative estimate of drug-likeness (QED) is 0.916. The molecule has 3 nitrogen and oxygen atoms in total. The second kappa shape index (κ2) is 5.94. The number of hydrogen-bond donors (Lipinski definition) is 1. The van der Waals surface area contributed by atoms with E-state index in [4.69, 9.17) is 9.72 Å². The minimum atomic E-state index is 0.182. The molecule has 1 aliphatic carbocycles. The molecule has 0 spiro atoms. The number of aromatic nitrogens is 1. The van der Waals surface area contributed by atoms with Gasteiger partial charge in [-0.05, 0) is 50.9 Å². The van der Waals surface area contributed by atoms with Crippen molar-refractivity contribution in [1.29, 1.82) is 0 Å². The molecular formula is C16H20N2OS. The second-order valence-electron chi connectivity index (χ2n) is 5.00. The minimum absolute atomic E-state index is 0.182. The van der Waals surface area contributed by atoms with E-state index in [0.717, 1.165) is 12.2 Å². The highest BCUT2D eigenvalue weighted by molar-refractivity contribution is 7.11. The molecule has 1 unspecified atom stereocenters. The van der Waals surface area contributed by atoms with Gasteiger partial charge < -0.3 is 10.1 Å². The molecule has 0 fully saturated rings. The van der Waals surface area contributed by atoms with Gasteiger partial charge in [-0.3, -0.25) is 0 Å². The third-order valence-electron chi connectivity index (χ3n) is 3.67. The summed E-state index contributed by atoms with van der Waals surface area (Å²) in [6, 6.07) is 8.49. The molecule has 0 saturated carbocycles. The van der Waals surface area contributed by atoms with Crippen LogP contribution in [0.2, 0.25) is 0 Å². The number of nitrogens with one attached hydrogen (secondary N) is 1. The summed E-state index contributed by atoms with van der Waals surface area (Å²) in [5.41, 5.74) is 2.56. The molecule has 0 amide bonds. The van der Waals surface area contributed by atoms with Crippen molar-refractivity contribution in [2.24, 2.45) is 0 Å². The summed E-state index contributed by atoms with van der Waals surface area (Å²) in [4.78, 5) is 6.30. The van der Waals surface area contributed by atoms with Crippen LogP contribution in [0.15, 0.2) is 24.3 Å². The van der Waals surface area contributed by atoms with Crippen LogP contribution >= 0.6 is 11.3 Å². The van der Waals surface area contributed by atoms with E-state index < -0.39 is 0 Å². The molecule has 1 aliphatic rings. The van der Waals surface area contributed by atoms with Crippen LogP contribution in [0.4, 0.5) is 0 Å². The number of hydrogen-bond acceptors (Lipinski definition) is 4. The van der Waals surface area contributed by atoms with Crippen LogP contribution in [0.3, 0.4) is 0 Å². The smallest absolute Gasteiger partial charge is 0.119 e. The summed E-state index contributed by atoms with van der Waals surface area (Å²) >= 11 is 1.86. The molecule has 3 rings (SSSR count). The monoisotopic (exact) mass is 288 g/mol. The summed E-state index contributed by atoms with van der Waals surface area (Å²) in [7, 11) is 1.99. The third-order valence-corrected chi connectivity index (χ3v) is 4.89. The van der Waals surface area contributed by atoms with Crippen molar-refractivity contribution in [2.75, 3.05) is 13.7 Å². The third kappa shape index (κ3) is 2.58. The summed E-state index contributed by atoms with van der Waals surface area (Å²) in [6.45, 7) is 2.70. The van der Waals surface area contributed by atoms with Gasteiger partial charge >= 0.3 is 0 Å². The van der Waals surface area contributed by atoms with E-state index in [0.29, 0.717) is 6.61 Å². The molecule has 1 N–H and O–H groups in total. The maximum atomic E-state index is 5.50. The summed E-state index contributed by atoms with van der Waals surface area (Å²) in [6.07, 6.45) is 3.61. The lowest BCUT2D eigenvalue weighted by Crippen LogP contribution is -2.17. The van der Waals surface area contributed by atoms with Crippen molar-refractivity contribution in [3.05, 3.63) is 45.4 Å². The fourth-order valence-electron chi connectivity index (χ4n) is 2.69. The highest BCUT2D eigenvalue weighted by atomic mass is 32.1. The van der Waals surface area contributed by atoms with Gasteiger partial charge in [0.1, 0.15) is 10.8 Å². The molecule has 2 aromatic rings. The second-order valence-corrected chi connectivity index (χ2v) is 6.11. The number of benzene rings is 1. The topological polar surface area (TPSA) is 34.1 Å². The highest BCUT2D eigenvalue weighted by Crippen LogP contribution is 2.33. The molecule has 1 aromatic heterocycles. The van der Waals surface area contributed by atoms with Crippen LogP contribution in [0, 0.1) is 0 Å². The van der Waals surface area contributed by atoms with E-state index >= 15 is 0 Å². The van der Waals surface area contributed by atoms with Gasteiger partial charge in [-0.1, -0.05) is 12.1 Å². The molecule has 1 aromatic carbocycles. The molecule has 0 saturated heterocycles. The zero-order valence-corrected chi connectivity index (χ0v) is 12.8. The standard InChI is InChI=1S/C16H20N2OS/c1-3-19-12-9-7-11(8-10-12)15(17-2)16-18-13-5-4-6-14(13)20-16/h7-10,15,17H,3-6H2,1-2H3. The van der Waals surface area contributed by atoms with Crippen LogP contribution < -0.4 is 10.1 Å². The zero-order chi connectivity index (χ0) is 13.9. The molecule has 106 valence electrons. The first kappa shape index (κ1) is 13.6. The molecule has 1 atom stereocenters. The summed E-state index contributed by atoms with van der Waals surface area (Å²) in [5, 5.41) is 4.56. The zero-order valence-electron chi connectivity index (χ0n) is 12.0. The van der Waals surface area contributed by atoms with Gasteiger partial charge in [0, 0.05) is 4.88 Å². The number of ether oxygens (including phenoxy) is 1. The summed E-state index contributed by atoms with van der Waals surface area (Å²) < 4.78 is 5.50. The van der Waals surface area contributed by atoms with Crippen LogP contribution in [0.1, 0.15) is 40.5 Å². The number of nitrogens with zero attached hydrogens (tertiary/aromatic N) is 1. The molecule has 0 radical (unpaired) electrons. The number of thiazole rings is 1. The molecule has 4 heteroatoms. The number of rotatable bonds is 5. The van der Waals surface area contributed by atoms with Crippen molar-refractivity contribution in [3.63, 3.8) is 0 Å². The Morgan fingerprint density at radius 2 is 2.10 bits per heavy atom. The van der Waals surface area contributed by atoms with Crippen molar-refractivity contribution in [3.8, 4) is 5.75 Å². The first-order chi connectivity index (χ1) is 9.81. The van der Waals surface area contributed by atoms with Crippen molar-refractivity contribution in [1.82, 2.24) is 10.3 Å². The lowest BCUT2D eigenvalue weighted by atomic mass is 10.1. The molecule has 1 heterocycles. The van der Waals surface area contributed by atoms with Gasteiger partial charge in [-0.2, -0.15) is 0 Å². The Kier molecular flexibility index (Phi) is 4.03. The Labute approximate surface area is 124 Å². The van der Waals surface area contributed by atoms with Crippen LogP contribution in [-0.4, -0.2) is 18.6 Å². The lowest BCUT2D eigenvalue weighted by Gasteiger charge is -2.14. The van der Waals surface area contributed by atoms with E-state index in [1.54, 1.807) is 0 Å². The first-order valence-corrected chi connectivity index (χ1v) is 8.02. The summed E-state index contributed by atoms with van der Waals surface area (Å²) in [5.74, 6) is 0.924. The average Bonchev–Trinajstić information content (AvgIpc) is 3.03. The van der Waals surface area contributed by atoms with Crippen molar-refractivity contribution < 1.29 is 4.74 Å². The lowest BCUT2D eigenvalue weighted by molar-refractivity contribution is 0.340. The van der Waals surface area contributed by atoms with Crippen LogP contribution in [0.5, 0.6) is 5.75 Å². The molecule has 0 bridgehead atoms. The SMILES string of the molecule is CCOc1ccc(C(NC)c2nc3c(s2)CCC3)cc1. The first-order valence-electron chi connectivity index (χ1n) is 7.20. The Morgan fingerprint density at radius 3 is 2.75 bits per heavy atom. The van der Waals surface area contributed by atoms with Gasteiger partial charge in [0.25, 0.3) is 0 Å². The van der Waals surface area contributed by atoms with E-state index in [1.165, 1.54) is 34.0 Å². The predicted octanol–water partition coefficient (Wildman–Crippen LogP) is 3.34. The van der Waals surface area contributed by atoms with Gasteiger partial charge in [-0.15, -0.1) is 11.3 Å². The van der Waals surface area contributed by atoms with Gasteiger partial charge in [0.2, 0.25) is 0 Å². The Bertz CT molecular complexity index is 555. The fraction of sp³-hybridized carbons (Fsp3) is 0.438. The van der Waals surface area contributed by atoms with Crippen molar-refractivity contribution in [2.45, 2.75) is 32.2 Å².